The Morgan fingerprint density at radius 1 is 1.02 bits per heavy atom. The highest BCUT2D eigenvalue weighted by Gasteiger charge is 2.34. The van der Waals surface area contributed by atoms with Gasteiger partial charge < -0.3 is 4.98 Å². The van der Waals surface area contributed by atoms with Crippen LogP contribution in [0.3, 0.4) is 0 Å². The summed E-state index contributed by atoms with van der Waals surface area (Å²) in [6.45, 7) is 4.77. The Balaban J connectivity index is 1.36. The molecule has 0 spiro atoms. The molecule has 1 aromatic carbocycles. The molecule has 1 atom stereocenters. The van der Waals surface area contributed by atoms with Gasteiger partial charge in [-0.05, 0) is 54.3 Å². The molecule has 5 nitrogen and oxygen atoms in total. The van der Waals surface area contributed by atoms with E-state index < -0.39 is 23.7 Å². The summed E-state index contributed by atoms with van der Waals surface area (Å²) in [4.78, 5) is 26.7. The van der Waals surface area contributed by atoms with Gasteiger partial charge in [0.15, 0.2) is 5.78 Å². The molecule has 0 radical (unpaired) electrons. The van der Waals surface area contributed by atoms with Crippen LogP contribution in [-0.2, 0) is 19.1 Å². The van der Waals surface area contributed by atoms with E-state index in [2.05, 4.69) is 15.0 Å². The summed E-state index contributed by atoms with van der Waals surface area (Å²) in [5.74, 6) is -3.20. The molecule has 10 heteroatoms. The standard InChI is InChI=1S/C30H29F5N4O/c1-18(11-20-3-6-26(37-15-20)30(33,34)35)28(40)27-19(2)38-25-5-4-22(13-24(25)27)23-12-21(14-36-16-23)17-39-9-7-29(31,32)8-10-39/h3-6,12-16,18,38H,7-11,17H2,1-2H3/t18-/m0/s1. The monoisotopic (exact) mass is 556 g/mol. The fourth-order valence-electron chi connectivity index (χ4n) is 5.26. The number of likely N-dealkylation sites (tertiary alicyclic amines) is 1. The first-order valence-corrected chi connectivity index (χ1v) is 13.1. The molecule has 1 saturated heterocycles. The highest BCUT2D eigenvalue weighted by Crippen LogP contribution is 2.32. The van der Waals surface area contributed by atoms with Crippen molar-refractivity contribution in [3.8, 4) is 11.1 Å². The predicted octanol–water partition coefficient (Wildman–Crippen LogP) is 7.24. The highest BCUT2D eigenvalue weighted by atomic mass is 19.4. The number of rotatable bonds is 7. The lowest BCUT2D eigenvalue weighted by Crippen LogP contribution is -2.38. The molecule has 0 aliphatic carbocycles. The second-order valence-electron chi connectivity index (χ2n) is 10.6. The second kappa shape index (κ2) is 10.7. The van der Waals surface area contributed by atoms with Crippen molar-refractivity contribution in [3.63, 3.8) is 0 Å². The number of aromatic nitrogens is 3. The van der Waals surface area contributed by atoms with Crippen molar-refractivity contribution >= 4 is 16.7 Å². The van der Waals surface area contributed by atoms with Gasteiger partial charge in [-0.3, -0.25) is 19.7 Å². The topological polar surface area (TPSA) is 61.9 Å². The SMILES string of the molecule is Cc1[nH]c2ccc(-c3cncc(CN4CCC(F)(F)CC4)c3)cc2c1C(=O)[C@@H](C)Cc1ccc(C(F)(F)F)nc1. The molecule has 1 fully saturated rings. The van der Waals surface area contributed by atoms with Crippen LogP contribution < -0.4 is 0 Å². The average molecular weight is 557 g/mol. The number of carbonyl (C=O) groups excluding carboxylic acids is 1. The zero-order valence-corrected chi connectivity index (χ0v) is 22.2. The molecule has 5 rings (SSSR count). The normalized spacial score (nSPS) is 16.8. The third-order valence-corrected chi connectivity index (χ3v) is 7.46. The van der Waals surface area contributed by atoms with Gasteiger partial charge in [0.2, 0.25) is 0 Å². The second-order valence-corrected chi connectivity index (χ2v) is 10.6. The van der Waals surface area contributed by atoms with Crippen LogP contribution in [0.1, 0.15) is 52.6 Å². The minimum Gasteiger partial charge on any atom is -0.358 e. The van der Waals surface area contributed by atoms with Crippen LogP contribution in [0.15, 0.2) is 55.0 Å². The van der Waals surface area contributed by atoms with Gasteiger partial charge in [-0.2, -0.15) is 13.2 Å². The van der Waals surface area contributed by atoms with Crippen molar-refractivity contribution in [2.75, 3.05) is 13.1 Å². The van der Waals surface area contributed by atoms with Crippen molar-refractivity contribution in [2.45, 2.75) is 51.8 Å². The van der Waals surface area contributed by atoms with Crippen LogP contribution in [0.25, 0.3) is 22.0 Å². The number of ketones is 1. The number of alkyl halides is 5. The maximum atomic E-state index is 13.5. The number of aryl methyl sites for hydroxylation is 1. The van der Waals surface area contributed by atoms with E-state index in [1.54, 1.807) is 19.3 Å². The molecule has 0 unspecified atom stereocenters. The van der Waals surface area contributed by atoms with Crippen molar-refractivity contribution in [2.24, 2.45) is 5.92 Å². The summed E-state index contributed by atoms with van der Waals surface area (Å²) in [6.07, 6.45) is 0.0895. The van der Waals surface area contributed by atoms with Crippen molar-refractivity contribution in [3.05, 3.63) is 83.1 Å². The Hall–Kier alpha value is -3.66. The van der Waals surface area contributed by atoms with Crippen molar-refractivity contribution in [1.29, 1.82) is 0 Å². The Morgan fingerprint density at radius 3 is 2.45 bits per heavy atom. The maximum Gasteiger partial charge on any atom is 0.433 e. The number of pyridine rings is 2. The first-order chi connectivity index (χ1) is 18.9. The largest absolute Gasteiger partial charge is 0.433 e. The summed E-state index contributed by atoms with van der Waals surface area (Å²) >= 11 is 0. The maximum absolute atomic E-state index is 13.5. The molecule has 1 aliphatic heterocycles. The number of benzene rings is 1. The number of aromatic amines is 1. The minimum absolute atomic E-state index is 0.116. The van der Waals surface area contributed by atoms with E-state index in [1.165, 1.54) is 12.3 Å². The predicted molar refractivity (Wildman–Crippen MR) is 142 cm³/mol. The lowest BCUT2D eigenvalue weighted by atomic mass is 9.91. The molecule has 1 N–H and O–H groups in total. The molecule has 4 aromatic rings. The van der Waals surface area contributed by atoms with Crippen LogP contribution >= 0.6 is 0 Å². The number of H-pyrrole nitrogens is 1. The number of hydrogen-bond acceptors (Lipinski definition) is 4. The van der Waals surface area contributed by atoms with E-state index in [-0.39, 0.29) is 25.0 Å². The summed E-state index contributed by atoms with van der Waals surface area (Å²) < 4.78 is 65.6. The Bertz CT molecular complexity index is 1520. The molecule has 0 amide bonds. The number of halogens is 5. The quantitative estimate of drug-likeness (QED) is 0.193. The van der Waals surface area contributed by atoms with Gasteiger partial charge in [-0.15, -0.1) is 0 Å². The number of fused-ring (bicyclic) bond motifs is 1. The first kappa shape index (κ1) is 27.9. The van der Waals surface area contributed by atoms with E-state index >= 15 is 0 Å². The number of piperidine rings is 1. The highest BCUT2D eigenvalue weighted by molar-refractivity contribution is 6.10. The van der Waals surface area contributed by atoms with E-state index in [9.17, 15) is 26.7 Å². The van der Waals surface area contributed by atoms with Gasteiger partial charge in [-0.25, -0.2) is 8.78 Å². The van der Waals surface area contributed by atoms with Crippen molar-refractivity contribution < 1.29 is 26.7 Å². The summed E-state index contributed by atoms with van der Waals surface area (Å²) in [6, 6.07) is 10.0. The Labute approximate surface area is 228 Å². The molecule has 0 saturated carbocycles. The van der Waals surface area contributed by atoms with E-state index in [0.29, 0.717) is 36.5 Å². The van der Waals surface area contributed by atoms with Crippen LogP contribution in [0.4, 0.5) is 22.0 Å². The fourth-order valence-corrected chi connectivity index (χ4v) is 5.26. The molecule has 1 aliphatic rings. The van der Waals surface area contributed by atoms with Gasteiger partial charge in [-0.1, -0.05) is 19.1 Å². The lowest BCUT2D eigenvalue weighted by Gasteiger charge is -2.31. The number of nitrogens with zero attached hydrogens (tertiary/aromatic N) is 3. The van der Waals surface area contributed by atoms with Gasteiger partial charge >= 0.3 is 6.18 Å². The van der Waals surface area contributed by atoms with Gasteiger partial charge in [0, 0.05) is 84.7 Å². The minimum atomic E-state index is -4.51. The summed E-state index contributed by atoms with van der Waals surface area (Å²) in [5, 5.41) is 0.751. The number of hydrogen-bond donors (Lipinski definition) is 1. The molecular weight excluding hydrogens is 527 g/mol. The van der Waals surface area contributed by atoms with Crippen LogP contribution in [0.2, 0.25) is 0 Å². The Morgan fingerprint density at radius 2 is 1.77 bits per heavy atom. The summed E-state index contributed by atoms with van der Waals surface area (Å²) in [5.41, 5.74) is 4.27. The molecular formula is C30H29F5N4O. The Kier molecular flexibility index (Phi) is 7.48. The van der Waals surface area contributed by atoms with E-state index in [1.807, 2.05) is 36.1 Å². The fraction of sp³-hybridized carbons (Fsp3) is 0.367. The molecule has 210 valence electrons. The van der Waals surface area contributed by atoms with Crippen LogP contribution in [-0.4, -0.2) is 44.6 Å². The molecule has 40 heavy (non-hydrogen) atoms. The summed E-state index contributed by atoms with van der Waals surface area (Å²) in [7, 11) is 0. The van der Waals surface area contributed by atoms with Gasteiger partial charge in [0.25, 0.3) is 5.92 Å². The zero-order chi connectivity index (χ0) is 28.7. The first-order valence-electron chi connectivity index (χ1n) is 13.1. The third kappa shape index (κ3) is 6.06. The van der Waals surface area contributed by atoms with Gasteiger partial charge in [0.1, 0.15) is 5.69 Å². The van der Waals surface area contributed by atoms with E-state index in [0.717, 1.165) is 33.7 Å². The van der Waals surface area contributed by atoms with E-state index in [4.69, 9.17) is 0 Å². The zero-order valence-electron chi connectivity index (χ0n) is 22.2. The van der Waals surface area contributed by atoms with Crippen LogP contribution in [0.5, 0.6) is 0 Å². The molecule has 4 heterocycles. The smallest absolute Gasteiger partial charge is 0.358 e. The lowest BCUT2D eigenvalue weighted by molar-refractivity contribution is -0.141. The van der Waals surface area contributed by atoms with Crippen molar-refractivity contribution in [1.82, 2.24) is 19.9 Å². The third-order valence-electron chi connectivity index (χ3n) is 7.46. The number of Topliss-reactive ketones (excluding diaryl/α,β-unsaturated/α-hetero) is 1. The number of carbonyl (C=O) groups is 1. The van der Waals surface area contributed by atoms with Crippen LogP contribution in [0, 0.1) is 12.8 Å². The molecule has 0 bridgehead atoms. The number of nitrogens with one attached hydrogen (secondary N) is 1. The van der Waals surface area contributed by atoms with Gasteiger partial charge in [0.05, 0.1) is 0 Å². The average Bonchev–Trinajstić information content (AvgIpc) is 3.24. The molecule has 3 aromatic heterocycles.